The van der Waals surface area contributed by atoms with E-state index in [2.05, 4.69) is 0 Å². The van der Waals surface area contributed by atoms with Gasteiger partial charge in [-0.1, -0.05) is 13.8 Å². The third kappa shape index (κ3) is 5.19. The molecule has 0 saturated carbocycles. The van der Waals surface area contributed by atoms with Crippen molar-refractivity contribution in [3.8, 4) is 0 Å². The Morgan fingerprint density at radius 1 is 0.920 bits per heavy atom. The van der Waals surface area contributed by atoms with E-state index >= 15 is 0 Å². The van der Waals surface area contributed by atoms with Gasteiger partial charge in [0.05, 0.1) is 0 Å². The van der Waals surface area contributed by atoms with Gasteiger partial charge in [-0.25, -0.2) is 0 Å². The first-order valence-electron chi connectivity index (χ1n) is 9.47. The number of hydrogen-bond acceptors (Lipinski definition) is 3. The minimum atomic E-state index is -1.52. The van der Waals surface area contributed by atoms with Gasteiger partial charge in [0.25, 0.3) is 11.8 Å². The lowest BCUT2D eigenvalue weighted by Gasteiger charge is -2.44. The van der Waals surface area contributed by atoms with E-state index in [4.69, 9.17) is 0 Å². The summed E-state index contributed by atoms with van der Waals surface area (Å²) in [7, 11) is 0. The van der Waals surface area contributed by atoms with Gasteiger partial charge in [-0.15, -0.1) is 0 Å². The predicted octanol–water partition coefficient (Wildman–Crippen LogP) is 2.52. The average Bonchev–Trinajstić information content (AvgIpc) is 2.53. The fourth-order valence-corrected chi connectivity index (χ4v) is 3.31. The lowest BCUT2D eigenvalue weighted by atomic mass is 9.93. The first-order chi connectivity index (χ1) is 11.6. The Kier molecular flexibility index (Phi) is 9.75. The lowest BCUT2D eigenvalue weighted by molar-refractivity contribution is -0.163. The van der Waals surface area contributed by atoms with E-state index in [1.165, 1.54) is 4.90 Å². The number of hydrogen-bond donors (Lipinski definition) is 0. The molecule has 1 unspecified atom stereocenters. The van der Waals surface area contributed by atoms with E-state index in [0.717, 1.165) is 12.8 Å². The highest BCUT2D eigenvalue weighted by Crippen LogP contribution is 2.24. The molecule has 0 aliphatic heterocycles. The van der Waals surface area contributed by atoms with Gasteiger partial charge in [-0.05, 0) is 54.4 Å². The van der Waals surface area contributed by atoms with Crippen LogP contribution in [0.2, 0.25) is 0 Å². The Labute approximate surface area is 153 Å². The topological polar surface area (TPSA) is 60.9 Å². The SMILES string of the molecule is CCCN(CCC)C(=O)C(C)(C(=O)N(C(C)C)C(C)C)N(C=O)CC. The smallest absolute Gasteiger partial charge is 0.258 e. The van der Waals surface area contributed by atoms with Gasteiger partial charge in [0.1, 0.15) is 0 Å². The molecule has 25 heavy (non-hydrogen) atoms. The second-order valence-electron chi connectivity index (χ2n) is 7.16. The first kappa shape index (κ1) is 23.4. The van der Waals surface area contributed by atoms with Crippen LogP contribution in [-0.4, -0.2) is 70.2 Å². The molecule has 0 aromatic rings. The zero-order chi connectivity index (χ0) is 19.8. The van der Waals surface area contributed by atoms with Crippen LogP contribution >= 0.6 is 0 Å². The second kappa shape index (κ2) is 10.4. The average molecular weight is 356 g/mol. The molecule has 0 saturated heterocycles. The zero-order valence-electron chi connectivity index (χ0n) is 17.3. The minimum Gasteiger partial charge on any atom is -0.340 e. The minimum absolute atomic E-state index is 0.0595. The molecule has 0 aromatic carbocycles. The van der Waals surface area contributed by atoms with Crippen molar-refractivity contribution in [2.45, 2.75) is 85.9 Å². The highest BCUT2D eigenvalue weighted by molar-refractivity contribution is 6.10. The highest BCUT2D eigenvalue weighted by atomic mass is 16.2. The fraction of sp³-hybridized carbons (Fsp3) is 0.842. The van der Waals surface area contributed by atoms with Crippen molar-refractivity contribution < 1.29 is 14.4 Å². The quantitative estimate of drug-likeness (QED) is 0.423. The molecule has 0 aliphatic carbocycles. The summed E-state index contributed by atoms with van der Waals surface area (Å²) >= 11 is 0. The molecule has 146 valence electrons. The van der Waals surface area contributed by atoms with E-state index < -0.39 is 5.54 Å². The van der Waals surface area contributed by atoms with Crippen LogP contribution in [0.25, 0.3) is 0 Å². The van der Waals surface area contributed by atoms with Crippen LogP contribution in [0.3, 0.4) is 0 Å². The molecule has 6 heteroatoms. The third-order valence-electron chi connectivity index (χ3n) is 4.50. The Bertz CT molecular complexity index is 437. The molecule has 6 nitrogen and oxygen atoms in total. The van der Waals surface area contributed by atoms with Crippen molar-refractivity contribution >= 4 is 18.2 Å². The van der Waals surface area contributed by atoms with Gasteiger partial charge in [0, 0.05) is 31.7 Å². The molecular formula is C19H37N3O3. The first-order valence-corrected chi connectivity index (χ1v) is 9.47. The van der Waals surface area contributed by atoms with Gasteiger partial charge < -0.3 is 14.7 Å². The van der Waals surface area contributed by atoms with Crippen LogP contribution in [0, 0.1) is 0 Å². The van der Waals surface area contributed by atoms with Crippen LogP contribution < -0.4 is 0 Å². The van der Waals surface area contributed by atoms with E-state index in [1.54, 1.807) is 23.6 Å². The van der Waals surface area contributed by atoms with Crippen LogP contribution in [0.5, 0.6) is 0 Å². The molecule has 3 amide bonds. The Balaban J connectivity index is 6.14. The van der Waals surface area contributed by atoms with Crippen LogP contribution in [0.15, 0.2) is 0 Å². The molecular weight excluding hydrogens is 318 g/mol. The summed E-state index contributed by atoms with van der Waals surface area (Å²) in [6.07, 6.45) is 2.23. The largest absolute Gasteiger partial charge is 0.340 e. The van der Waals surface area contributed by atoms with Gasteiger partial charge in [0.2, 0.25) is 6.41 Å². The molecule has 0 aromatic heterocycles. The van der Waals surface area contributed by atoms with E-state index in [0.29, 0.717) is 26.0 Å². The Hall–Kier alpha value is -1.59. The van der Waals surface area contributed by atoms with Gasteiger partial charge in [-0.3, -0.25) is 14.4 Å². The normalized spacial score (nSPS) is 13.5. The van der Waals surface area contributed by atoms with Crippen molar-refractivity contribution in [2.24, 2.45) is 0 Å². The summed E-state index contributed by atoms with van der Waals surface area (Å²) in [6, 6.07) is -0.119. The third-order valence-corrected chi connectivity index (χ3v) is 4.50. The predicted molar refractivity (Wildman–Crippen MR) is 101 cm³/mol. The zero-order valence-corrected chi connectivity index (χ0v) is 17.3. The fourth-order valence-electron chi connectivity index (χ4n) is 3.31. The summed E-state index contributed by atoms with van der Waals surface area (Å²) in [4.78, 5) is 43.2. The van der Waals surface area contributed by atoms with Crippen molar-refractivity contribution in [2.75, 3.05) is 19.6 Å². The van der Waals surface area contributed by atoms with E-state index in [9.17, 15) is 14.4 Å². The molecule has 0 heterocycles. The Morgan fingerprint density at radius 2 is 1.36 bits per heavy atom. The van der Waals surface area contributed by atoms with Crippen LogP contribution in [0.4, 0.5) is 0 Å². The summed E-state index contributed by atoms with van der Waals surface area (Å²) in [6.45, 7) is 16.5. The number of carbonyl (C=O) groups excluding carboxylic acids is 3. The molecule has 0 rings (SSSR count). The number of carbonyl (C=O) groups is 3. The van der Waals surface area contributed by atoms with Crippen molar-refractivity contribution in [3.63, 3.8) is 0 Å². The number of rotatable bonds is 11. The lowest BCUT2D eigenvalue weighted by Crippen LogP contribution is -2.67. The van der Waals surface area contributed by atoms with Crippen LogP contribution in [0.1, 0.15) is 68.2 Å². The molecule has 0 radical (unpaired) electrons. The van der Waals surface area contributed by atoms with Crippen molar-refractivity contribution in [1.29, 1.82) is 0 Å². The maximum absolute atomic E-state index is 13.4. The van der Waals surface area contributed by atoms with Crippen molar-refractivity contribution in [3.05, 3.63) is 0 Å². The maximum Gasteiger partial charge on any atom is 0.258 e. The summed E-state index contributed by atoms with van der Waals surface area (Å²) < 4.78 is 0. The Morgan fingerprint density at radius 3 is 1.64 bits per heavy atom. The molecule has 0 N–H and O–H groups in total. The number of amides is 3. The van der Waals surface area contributed by atoms with Gasteiger partial charge in [0.15, 0.2) is 5.54 Å². The number of likely N-dealkylation sites (N-methyl/N-ethyl adjacent to an activating group) is 1. The molecule has 1 atom stereocenters. The summed E-state index contributed by atoms with van der Waals surface area (Å²) in [5.41, 5.74) is -1.52. The molecule has 0 aliphatic rings. The highest BCUT2D eigenvalue weighted by Gasteiger charge is 2.50. The number of nitrogens with zero attached hydrogens (tertiary/aromatic N) is 3. The molecule has 0 fully saturated rings. The maximum atomic E-state index is 13.4. The van der Waals surface area contributed by atoms with Crippen molar-refractivity contribution in [1.82, 2.24) is 14.7 Å². The van der Waals surface area contributed by atoms with E-state index in [1.807, 2.05) is 41.5 Å². The molecule has 0 spiro atoms. The second-order valence-corrected chi connectivity index (χ2v) is 7.16. The van der Waals surface area contributed by atoms with Gasteiger partial charge >= 0.3 is 0 Å². The van der Waals surface area contributed by atoms with Gasteiger partial charge in [-0.2, -0.15) is 0 Å². The van der Waals surface area contributed by atoms with Crippen LogP contribution in [-0.2, 0) is 14.4 Å². The molecule has 0 bridgehead atoms. The van der Waals surface area contributed by atoms with E-state index in [-0.39, 0.29) is 23.9 Å². The standard InChI is InChI=1S/C19H37N3O3/c1-9-12-20(13-10-2)17(24)19(8,21(11-3)14-23)18(25)22(15(4)5)16(6)7/h14-16H,9-13H2,1-8H3. The monoisotopic (exact) mass is 355 g/mol. The summed E-state index contributed by atoms with van der Waals surface area (Å²) in [5.74, 6) is -0.602. The summed E-state index contributed by atoms with van der Waals surface area (Å²) in [5, 5.41) is 0.